The highest BCUT2D eigenvalue weighted by Gasteiger charge is 2.05. The number of hydrogen-bond acceptors (Lipinski definition) is 5. The molecule has 0 atom stereocenters. The van der Waals surface area contributed by atoms with E-state index in [4.69, 9.17) is 5.73 Å². The Morgan fingerprint density at radius 2 is 2.40 bits per heavy atom. The highest BCUT2D eigenvalue weighted by atomic mass is 32.2. The van der Waals surface area contributed by atoms with Crippen LogP contribution in [-0.2, 0) is 13.5 Å². The van der Waals surface area contributed by atoms with Crippen LogP contribution >= 0.6 is 23.1 Å². The van der Waals surface area contributed by atoms with E-state index in [1.54, 1.807) is 27.7 Å². The van der Waals surface area contributed by atoms with E-state index in [0.29, 0.717) is 5.95 Å². The van der Waals surface area contributed by atoms with Crippen molar-refractivity contribution in [2.75, 3.05) is 11.5 Å². The van der Waals surface area contributed by atoms with Crippen LogP contribution in [0.2, 0.25) is 0 Å². The molecule has 0 saturated heterocycles. The van der Waals surface area contributed by atoms with Gasteiger partial charge >= 0.3 is 0 Å². The van der Waals surface area contributed by atoms with Crippen molar-refractivity contribution in [3.05, 3.63) is 22.4 Å². The van der Waals surface area contributed by atoms with Crippen LogP contribution in [-0.4, -0.2) is 20.5 Å². The number of aryl methyl sites for hydroxylation is 1. The third kappa shape index (κ3) is 2.51. The minimum atomic E-state index is 0.466. The van der Waals surface area contributed by atoms with Crippen LogP contribution in [0.3, 0.4) is 0 Å². The van der Waals surface area contributed by atoms with Crippen LogP contribution in [0.4, 0.5) is 5.95 Å². The fourth-order valence-corrected chi connectivity index (χ4v) is 2.76. The monoisotopic (exact) mass is 240 g/mol. The molecule has 15 heavy (non-hydrogen) atoms. The Bertz CT molecular complexity index is 421. The lowest BCUT2D eigenvalue weighted by molar-refractivity contribution is 0.795. The summed E-state index contributed by atoms with van der Waals surface area (Å²) >= 11 is 3.41. The number of anilines is 1. The maximum absolute atomic E-state index is 5.58. The molecule has 0 bridgehead atoms. The number of aromatic nitrogens is 3. The topological polar surface area (TPSA) is 56.7 Å². The molecule has 6 heteroatoms. The summed E-state index contributed by atoms with van der Waals surface area (Å²) < 4.78 is 1.80. The predicted octanol–water partition coefficient (Wildman–Crippen LogP) is 1.79. The molecule has 2 N–H and O–H groups in total. The largest absolute Gasteiger partial charge is 0.368 e. The normalized spacial score (nSPS) is 10.7. The van der Waals surface area contributed by atoms with Gasteiger partial charge in [-0.3, -0.25) is 4.57 Å². The molecule has 2 rings (SSSR count). The highest BCUT2D eigenvalue weighted by Crippen LogP contribution is 2.18. The Morgan fingerprint density at radius 1 is 1.53 bits per heavy atom. The fraction of sp³-hybridized carbons (Fsp3) is 0.333. The Kier molecular flexibility index (Phi) is 3.27. The van der Waals surface area contributed by atoms with Crippen LogP contribution in [0.5, 0.6) is 0 Å². The molecule has 0 aromatic carbocycles. The van der Waals surface area contributed by atoms with Crippen molar-refractivity contribution in [3.8, 4) is 0 Å². The molecule has 2 heterocycles. The number of thioether (sulfide) groups is 1. The lowest BCUT2D eigenvalue weighted by Crippen LogP contribution is -1.98. The van der Waals surface area contributed by atoms with Crippen LogP contribution in [0.1, 0.15) is 5.56 Å². The second kappa shape index (κ2) is 4.67. The highest BCUT2D eigenvalue weighted by molar-refractivity contribution is 7.99. The summed E-state index contributed by atoms with van der Waals surface area (Å²) in [6.45, 7) is 0. The molecule has 80 valence electrons. The van der Waals surface area contributed by atoms with Crippen molar-refractivity contribution in [2.45, 2.75) is 11.6 Å². The average Bonchev–Trinajstić information content (AvgIpc) is 2.83. The van der Waals surface area contributed by atoms with Crippen LogP contribution in [0.15, 0.2) is 22.0 Å². The third-order valence-electron chi connectivity index (χ3n) is 2.07. The van der Waals surface area contributed by atoms with E-state index in [9.17, 15) is 0 Å². The first-order valence-electron chi connectivity index (χ1n) is 4.56. The lowest BCUT2D eigenvalue weighted by Gasteiger charge is -1.99. The van der Waals surface area contributed by atoms with Gasteiger partial charge in [-0.15, -0.1) is 10.2 Å². The van der Waals surface area contributed by atoms with Gasteiger partial charge in [-0.25, -0.2) is 0 Å². The van der Waals surface area contributed by atoms with Gasteiger partial charge in [-0.2, -0.15) is 11.3 Å². The molecule has 0 aliphatic heterocycles. The van der Waals surface area contributed by atoms with E-state index >= 15 is 0 Å². The van der Waals surface area contributed by atoms with Gasteiger partial charge in [-0.1, -0.05) is 11.8 Å². The molecule has 0 saturated carbocycles. The summed E-state index contributed by atoms with van der Waals surface area (Å²) in [6, 6.07) is 2.15. The third-order valence-corrected chi connectivity index (χ3v) is 3.82. The molecule has 0 fully saturated rings. The molecular formula is C9H12N4S2. The SMILES string of the molecule is Cn1c(N)nnc1SCCc1ccsc1. The maximum atomic E-state index is 5.58. The summed E-state index contributed by atoms with van der Waals surface area (Å²) in [7, 11) is 1.88. The number of nitrogen functional groups attached to an aromatic ring is 1. The summed E-state index contributed by atoms with van der Waals surface area (Å²) in [5.41, 5.74) is 6.96. The standard InChI is InChI=1S/C9H12N4S2/c1-13-8(10)11-12-9(13)15-5-3-7-2-4-14-6-7/h2,4,6H,3,5H2,1H3,(H2,10,11). The van der Waals surface area contributed by atoms with Crippen molar-refractivity contribution in [1.29, 1.82) is 0 Å². The Labute approximate surface area is 96.5 Å². The predicted molar refractivity (Wildman–Crippen MR) is 64.2 cm³/mol. The quantitative estimate of drug-likeness (QED) is 0.828. The number of rotatable bonds is 4. The van der Waals surface area contributed by atoms with Gasteiger partial charge in [0.25, 0.3) is 0 Å². The van der Waals surface area contributed by atoms with E-state index < -0.39 is 0 Å². The smallest absolute Gasteiger partial charge is 0.222 e. The van der Waals surface area contributed by atoms with Gasteiger partial charge in [0.05, 0.1) is 0 Å². The van der Waals surface area contributed by atoms with Crippen LogP contribution in [0.25, 0.3) is 0 Å². The van der Waals surface area contributed by atoms with E-state index in [0.717, 1.165) is 17.3 Å². The second-order valence-electron chi connectivity index (χ2n) is 3.13. The van der Waals surface area contributed by atoms with Crippen molar-refractivity contribution in [1.82, 2.24) is 14.8 Å². The molecule has 0 amide bonds. The molecule has 0 aliphatic carbocycles. The Hall–Kier alpha value is -1.01. The zero-order chi connectivity index (χ0) is 10.7. The molecular weight excluding hydrogens is 228 g/mol. The Balaban J connectivity index is 1.86. The molecule has 0 radical (unpaired) electrons. The molecule has 4 nitrogen and oxygen atoms in total. The van der Waals surface area contributed by atoms with Gasteiger partial charge in [0.15, 0.2) is 5.16 Å². The van der Waals surface area contributed by atoms with Gasteiger partial charge in [0, 0.05) is 12.8 Å². The maximum Gasteiger partial charge on any atom is 0.222 e. The minimum Gasteiger partial charge on any atom is -0.368 e. The molecule has 0 spiro atoms. The van der Waals surface area contributed by atoms with Crippen molar-refractivity contribution in [2.24, 2.45) is 7.05 Å². The number of nitrogens with two attached hydrogens (primary N) is 1. The summed E-state index contributed by atoms with van der Waals surface area (Å²) in [5, 5.41) is 12.9. The average molecular weight is 240 g/mol. The van der Waals surface area contributed by atoms with Gasteiger partial charge in [0.2, 0.25) is 5.95 Å². The number of hydrogen-bond donors (Lipinski definition) is 1. The van der Waals surface area contributed by atoms with Gasteiger partial charge in [-0.05, 0) is 28.8 Å². The van der Waals surface area contributed by atoms with E-state index in [-0.39, 0.29) is 0 Å². The minimum absolute atomic E-state index is 0.466. The van der Waals surface area contributed by atoms with Crippen molar-refractivity contribution < 1.29 is 0 Å². The van der Waals surface area contributed by atoms with Crippen molar-refractivity contribution in [3.63, 3.8) is 0 Å². The number of nitrogens with zero attached hydrogens (tertiary/aromatic N) is 3. The molecule has 0 aliphatic rings. The first-order chi connectivity index (χ1) is 7.27. The zero-order valence-corrected chi connectivity index (χ0v) is 10.0. The van der Waals surface area contributed by atoms with Crippen LogP contribution < -0.4 is 5.73 Å². The first kappa shape index (κ1) is 10.5. The summed E-state index contributed by atoms with van der Waals surface area (Å²) in [4.78, 5) is 0. The van der Waals surface area contributed by atoms with E-state index in [1.807, 2.05) is 7.05 Å². The summed E-state index contributed by atoms with van der Waals surface area (Å²) in [5.74, 6) is 1.47. The molecule has 2 aromatic heterocycles. The molecule has 0 unspecified atom stereocenters. The summed E-state index contributed by atoms with van der Waals surface area (Å²) in [6.07, 6.45) is 1.06. The Morgan fingerprint density at radius 3 is 3.00 bits per heavy atom. The molecule has 2 aromatic rings. The van der Waals surface area contributed by atoms with E-state index in [2.05, 4.69) is 27.0 Å². The first-order valence-corrected chi connectivity index (χ1v) is 6.49. The number of thiophene rings is 1. The van der Waals surface area contributed by atoms with Crippen LogP contribution in [0, 0.1) is 0 Å². The fourth-order valence-electron chi connectivity index (χ4n) is 1.15. The zero-order valence-electron chi connectivity index (χ0n) is 8.38. The second-order valence-corrected chi connectivity index (χ2v) is 4.97. The van der Waals surface area contributed by atoms with Gasteiger partial charge < -0.3 is 5.73 Å². The van der Waals surface area contributed by atoms with Crippen molar-refractivity contribution >= 4 is 29.0 Å². The van der Waals surface area contributed by atoms with Gasteiger partial charge in [0.1, 0.15) is 0 Å². The van der Waals surface area contributed by atoms with E-state index in [1.165, 1.54) is 5.56 Å². The lowest BCUT2D eigenvalue weighted by atomic mass is 10.3.